The number of carboxylic acids is 1. The second-order valence-electron chi connectivity index (χ2n) is 2.59. The van der Waals surface area contributed by atoms with E-state index >= 15 is 0 Å². The zero-order chi connectivity index (χ0) is 10.9. The number of alkyl halides is 3. The van der Waals surface area contributed by atoms with E-state index in [4.69, 9.17) is 5.11 Å². The molecule has 0 aliphatic rings. The smallest absolute Gasteiger partial charge is 0.406 e. The molecule has 0 aromatic carbocycles. The van der Waals surface area contributed by atoms with Crippen molar-refractivity contribution in [1.29, 1.82) is 0 Å². The Morgan fingerprint density at radius 2 is 2.14 bits per heavy atom. The minimum atomic E-state index is -4.41. The van der Waals surface area contributed by atoms with E-state index in [0.29, 0.717) is 8.14 Å². The van der Waals surface area contributed by atoms with Crippen LogP contribution in [-0.2, 0) is 6.54 Å². The molecule has 0 spiro atoms. The third-order valence-corrected chi connectivity index (χ3v) is 2.02. The van der Waals surface area contributed by atoms with Crippen molar-refractivity contribution < 1.29 is 23.1 Å². The molecule has 1 N–H and O–H groups in total. The first-order valence-electron chi connectivity index (χ1n) is 3.45. The van der Waals surface area contributed by atoms with Crippen LogP contribution in [-0.4, -0.2) is 21.8 Å². The Labute approximate surface area is 90.7 Å². The largest absolute Gasteiger partial charge is 0.477 e. The van der Waals surface area contributed by atoms with Gasteiger partial charge in [0.15, 0.2) is 0 Å². The monoisotopic (exact) mass is 319 g/mol. The topological polar surface area (TPSA) is 42.2 Å². The standard InChI is InChI=1S/C7H5F3INO2/c8-7(9,10)3-12-2-4(11)1-5(12)6(13)14/h1-2H,3H2,(H,13,14). The molecule has 0 unspecified atom stereocenters. The average molecular weight is 319 g/mol. The van der Waals surface area contributed by atoms with Crippen LogP contribution in [0.2, 0.25) is 0 Å². The summed E-state index contributed by atoms with van der Waals surface area (Å²) in [6, 6.07) is 1.19. The van der Waals surface area contributed by atoms with Gasteiger partial charge in [-0.05, 0) is 28.7 Å². The van der Waals surface area contributed by atoms with Crippen LogP contribution in [0, 0.1) is 3.57 Å². The van der Waals surface area contributed by atoms with E-state index in [2.05, 4.69) is 0 Å². The highest BCUT2D eigenvalue weighted by Gasteiger charge is 2.29. The lowest BCUT2D eigenvalue weighted by Gasteiger charge is -2.08. The molecule has 0 saturated carbocycles. The Hall–Kier alpha value is -0.730. The molecule has 1 heterocycles. The van der Waals surface area contributed by atoms with Crippen molar-refractivity contribution in [3.63, 3.8) is 0 Å². The van der Waals surface area contributed by atoms with Crippen molar-refractivity contribution in [2.45, 2.75) is 12.7 Å². The van der Waals surface area contributed by atoms with Crippen molar-refractivity contribution >= 4 is 28.6 Å². The molecule has 1 aromatic rings. The zero-order valence-electron chi connectivity index (χ0n) is 6.68. The van der Waals surface area contributed by atoms with Crippen LogP contribution in [0.4, 0.5) is 13.2 Å². The van der Waals surface area contributed by atoms with Crippen LogP contribution in [0.1, 0.15) is 10.5 Å². The summed E-state index contributed by atoms with van der Waals surface area (Å²) in [4.78, 5) is 10.5. The van der Waals surface area contributed by atoms with Crippen molar-refractivity contribution in [3.05, 3.63) is 21.5 Å². The highest BCUT2D eigenvalue weighted by molar-refractivity contribution is 14.1. The lowest BCUT2D eigenvalue weighted by Crippen LogP contribution is -2.20. The fourth-order valence-electron chi connectivity index (χ4n) is 0.978. The van der Waals surface area contributed by atoms with Gasteiger partial charge in [-0.2, -0.15) is 13.2 Å². The number of aromatic nitrogens is 1. The summed E-state index contributed by atoms with van der Waals surface area (Å²) in [5.74, 6) is -1.36. The van der Waals surface area contributed by atoms with Gasteiger partial charge in [-0.1, -0.05) is 0 Å². The molecule has 1 aromatic heterocycles. The number of hydrogen-bond acceptors (Lipinski definition) is 1. The molecule has 3 nitrogen and oxygen atoms in total. The van der Waals surface area contributed by atoms with E-state index in [0.717, 1.165) is 6.20 Å². The van der Waals surface area contributed by atoms with Gasteiger partial charge in [0, 0.05) is 9.77 Å². The first kappa shape index (κ1) is 11.3. The molecule has 0 bridgehead atoms. The molecule has 0 atom stereocenters. The highest BCUT2D eigenvalue weighted by Crippen LogP contribution is 2.20. The van der Waals surface area contributed by atoms with Gasteiger partial charge in [-0.25, -0.2) is 4.79 Å². The number of aromatic carboxylic acids is 1. The summed E-state index contributed by atoms with van der Waals surface area (Å²) in [5.41, 5.74) is -0.355. The number of halogens is 4. The van der Waals surface area contributed by atoms with E-state index in [9.17, 15) is 18.0 Å². The van der Waals surface area contributed by atoms with Crippen molar-refractivity contribution in [3.8, 4) is 0 Å². The number of nitrogens with zero attached hydrogens (tertiary/aromatic N) is 1. The van der Waals surface area contributed by atoms with Crippen LogP contribution in [0.5, 0.6) is 0 Å². The number of hydrogen-bond donors (Lipinski definition) is 1. The van der Waals surface area contributed by atoms with Crippen LogP contribution in [0.3, 0.4) is 0 Å². The van der Waals surface area contributed by atoms with Gasteiger partial charge in [-0.3, -0.25) is 0 Å². The molecule has 0 radical (unpaired) electrons. The Balaban J connectivity index is 3.02. The summed E-state index contributed by atoms with van der Waals surface area (Å²) >= 11 is 1.76. The Kier molecular flexibility index (Phi) is 3.07. The van der Waals surface area contributed by atoms with E-state index < -0.39 is 18.7 Å². The molecule has 7 heteroatoms. The fraction of sp³-hybridized carbons (Fsp3) is 0.286. The van der Waals surface area contributed by atoms with Gasteiger partial charge in [-0.15, -0.1) is 0 Å². The predicted molar refractivity (Wildman–Crippen MR) is 50.2 cm³/mol. The van der Waals surface area contributed by atoms with Crippen LogP contribution < -0.4 is 0 Å². The second kappa shape index (κ2) is 3.79. The molecule has 14 heavy (non-hydrogen) atoms. The molecule has 1 rings (SSSR count). The van der Waals surface area contributed by atoms with Crippen molar-refractivity contribution in [2.24, 2.45) is 0 Å². The molecule has 78 valence electrons. The SMILES string of the molecule is O=C(O)c1cc(I)cn1CC(F)(F)F. The average Bonchev–Trinajstić information content (AvgIpc) is 2.27. The summed E-state index contributed by atoms with van der Waals surface area (Å²) < 4.78 is 37.1. The lowest BCUT2D eigenvalue weighted by molar-refractivity contribution is -0.140. The van der Waals surface area contributed by atoms with Gasteiger partial charge in [0.1, 0.15) is 12.2 Å². The third kappa shape index (κ3) is 2.89. The van der Waals surface area contributed by atoms with Crippen LogP contribution >= 0.6 is 22.6 Å². The van der Waals surface area contributed by atoms with Crippen LogP contribution in [0.25, 0.3) is 0 Å². The zero-order valence-corrected chi connectivity index (χ0v) is 8.83. The van der Waals surface area contributed by atoms with Gasteiger partial charge in [0.25, 0.3) is 0 Å². The normalized spacial score (nSPS) is 11.7. The summed E-state index contributed by atoms with van der Waals surface area (Å²) in [6.07, 6.45) is -3.26. The molecule has 0 fully saturated rings. The van der Waals surface area contributed by atoms with Gasteiger partial charge in [0.05, 0.1) is 0 Å². The van der Waals surface area contributed by atoms with Crippen molar-refractivity contribution in [1.82, 2.24) is 4.57 Å². The first-order valence-corrected chi connectivity index (χ1v) is 4.53. The predicted octanol–water partition coefficient (Wildman–Crippen LogP) is 2.35. The van der Waals surface area contributed by atoms with Crippen LogP contribution in [0.15, 0.2) is 12.3 Å². The maximum absolute atomic E-state index is 12.0. The molecule has 0 aliphatic carbocycles. The summed E-state index contributed by atoms with van der Waals surface area (Å²) in [5, 5.41) is 8.58. The van der Waals surface area contributed by atoms with Crippen molar-refractivity contribution in [2.75, 3.05) is 0 Å². The minimum absolute atomic E-state index is 0.355. The third-order valence-electron chi connectivity index (χ3n) is 1.43. The Morgan fingerprint density at radius 3 is 2.57 bits per heavy atom. The quantitative estimate of drug-likeness (QED) is 0.851. The minimum Gasteiger partial charge on any atom is -0.477 e. The molecule has 0 aliphatic heterocycles. The number of carboxylic acid groups (broad SMARTS) is 1. The molecule has 0 amide bonds. The molecule has 0 saturated heterocycles. The fourth-order valence-corrected chi connectivity index (χ4v) is 1.61. The van der Waals surface area contributed by atoms with Gasteiger partial charge < -0.3 is 9.67 Å². The van der Waals surface area contributed by atoms with Gasteiger partial charge >= 0.3 is 12.1 Å². The summed E-state index contributed by atoms with van der Waals surface area (Å²) in [6.45, 7) is -1.28. The van der Waals surface area contributed by atoms with E-state index in [1.807, 2.05) is 0 Å². The van der Waals surface area contributed by atoms with E-state index in [1.165, 1.54) is 6.07 Å². The number of carbonyl (C=O) groups is 1. The van der Waals surface area contributed by atoms with E-state index in [1.54, 1.807) is 22.6 Å². The first-order chi connectivity index (χ1) is 6.29. The number of rotatable bonds is 2. The maximum Gasteiger partial charge on any atom is 0.406 e. The highest BCUT2D eigenvalue weighted by atomic mass is 127. The Bertz CT molecular complexity index is 358. The summed E-state index contributed by atoms with van der Waals surface area (Å²) in [7, 11) is 0. The van der Waals surface area contributed by atoms with Gasteiger partial charge in [0.2, 0.25) is 0 Å². The molecular formula is C7H5F3INO2. The second-order valence-corrected chi connectivity index (χ2v) is 3.84. The molecular weight excluding hydrogens is 314 g/mol. The lowest BCUT2D eigenvalue weighted by atomic mass is 10.4. The van der Waals surface area contributed by atoms with E-state index in [-0.39, 0.29) is 5.69 Å². The Morgan fingerprint density at radius 1 is 1.57 bits per heavy atom. The maximum atomic E-state index is 12.0.